The minimum absolute atomic E-state index is 0.579. The summed E-state index contributed by atoms with van der Waals surface area (Å²) in [5, 5.41) is 0. The maximum atomic E-state index is 2.48. The summed E-state index contributed by atoms with van der Waals surface area (Å²) in [5.74, 6) is 0.579. The fraction of sp³-hybridized carbons (Fsp3) is 0.391. The number of unbranched alkanes of at least 4 members (excludes halogenated alkanes) is 2. The molecule has 0 radical (unpaired) electrons. The van der Waals surface area contributed by atoms with Crippen molar-refractivity contribution in [3.63, 3.8) is 0 Å². The van der Waals surface area contributed by atoms with Gasteiger partial charge in [-0.25, -0.2) is 0 Å². The van der Waals surface area contributed by atoms with Gasteiger partial charge in [-0.1, -0.05) is 82.2 Å². The van der Waals surface area contributed by atoms with Crippen molar-refractivity contribution in [3.05, 3.63) is 76.4 Å². The van der Waals surface area contributed by atoms with E-state index >= 15 is 0 Å². The van der Waals surface area contributed by atoms with Gasteiger partial charge in [-0.2, -0.15) is 0 Å². The fourth-order valence-electron chi connectivity index (χ4n) is 3.51. The summed E-state index contributed by atoms with van der Waals surface area (Å²) in [5.41, 5.74) is 8.83. The van der Waals surface area contributed by atoms with E-state index in [4.69, 9.17) is 0 Å². The highest BCUT2D eigenvalue weighted by atomic mass is 14.2. The molecule has 0 spiro atoms. The Hall–Kier alpha value is -1.82. The normalized spacial score (nSPS) is 15.4. The Kier molecular flexibility index (Phi) is 5.00. The molecule has 120 valence electrons. The van der Waals surface area contributed by atoms with Gasteiger partial charge in [0.15, 0.2) is 0 Å². The molecule has 0 aliphatic heterocycles. The third-order valence-corrected chi connectivity index (χ3v) is 4.97. The van der Waals surface area contributed by atoms with E-state index in [9.17, 15) is 0 Å². The van der Waals surface area contributed by atoms with Crippen LogP contribution in [0, 0.1) is 0 Å². The van der Waals surface area contributed by atoms with Crippen LogP contribution in [0.25, 0.3) is 5.57 Å². The molecule has 0 atom stereocenters. The Labute approximate surface area is 141 Å². The Morgan fingerprint density at radius 1 is 0.957 bits per heavy atom. The van der Waals surface area contributed by atoms with E-state index in [1.807, 2.05) is 0 Å². The predicted molar refractivity (Wildman–Crippen MR) is 101 cm³/mol. The highest BCUT2D eigenvalue weighted by molar-refractivity contribution is 5.84. The van der Waals surface area contributed by atoms with Gasteiger partial charge in [0, 0.05) is 0 Å². The first kappa shape index (κ1) is 16.1. The van der Waals surface area contributed by atoms with E-state index in [0.717, 1.165) is 12.8 Å². The first-order valence-electron chi connectivity index (χ1n) is 9.12. The van der Waals surface area contributed by atoms with Crippen LogP contribution in [0.4, 0.5) is 0 Å². The van der Waals surface area contributed by atoms with E-state index in [2.05, 4.69) is 69.3 Å². The molecular formula is C23H28. The first-order chi connectivity index (χ1) is 11.2. The molecule has 1 aliphatic carbocycles. The third-order valence-electron chi connectivity index (χ3n) is 4.97. The molecule has 0 unspecified atom stereocenters. The molecule has 0 heteroatoms. The monoisotopic (exact) mass is 304 g/mol. The zero-order valence-electron chi connectivity index (χ0n) is 14.7. The lowest BCUT2D eigenvalue weighted by Gasteiger charge is -2.15. The lowest BCUT2D eigenvalue weighted by molar-refractivity contribution is 0.815. The van der Waals surface area contributed by atoms with Crippen molar-refractivity contribution < 1.29 is 0 Å². The maximum Gasteiger partial charge on any atom is -0.0146 e. The lowest BCUT2D eigenvalue weighted by atomic mass is 9.89. The van der Waals surface area contributed by atoms with Crippen LogP contribution in [0.2, 0.25) is 0 Å². The number of hydrogen-bond donors (Lipinski definition) is 0. The van der Waals surface area contributed by atoms with Crippen molar-refractivity contribution in [2.24, 2.45) is 0 Å². The molecule has 0 aromatic heterocycles. The lowest BCUT2D eigenvalue weighted by Crippen LogP contribution is -1.96. The van der Waals surface area contributed by atoms with Gasteiger partial charge in [0.2, 0.25) is 0 Å². The molecule has 0 heterocycles. The van der Waals surface area contributed by atoms with Crippen molar-refractivity contribution in [1.29, 1.82) is 0 Å². The molecule has 2 aromatic carbocycles. The van der Waals surface area contributed by atoms with Gasteiger partial charge in [-0.05, 0) is 58.6 Å². The molecule has 0 saturated carbocycles. The van der Waals surface area contributed by atoms with E-state index in [1.165, 1.54) is 52.7 Å². The second-order valence-corrected chi connectivity index (χ2v) is 6.99. The number of benzene rings is 2. The van der Waals surface area contributed by atoms with Crippen LogP contribution >= 0.6 is 0 Å². The van der Waals surface area contributed by atoms with Crippen molar-refractivity contribution in [2.45, 2.75) is 58.8 Å². The highest BCUT2D eigenvalue weighted by Gasteiger charge is 2.18. The molecule has 0 N–H and O–H groups in total. The van der Waals surface area contributed by atoms with E-state index in [0.29, 0.717) is 5.92 Å². The number of allylic oxidation sites excluding steroid dienone is 1. The first-order valence-corrected chi connectivity index (χ1v) is 9.12. The van der Waals surface area contributed by atoms with Gasteiger partial charge in [0.05, 0.1) is 0 Å². The van der Waals surface area contributed by atoms with Crippen molar-refractivity contribution in [3.8, 4) is 0 Å². The zero-order valence-corrected chi connectivity index (χ0v) is 14.7. The van der Waals surface area contributed by atoms with E-state index in [1.54, 1.807) is 0 Å². The molecule has 0 bridgehead atoms. The van der Waals surface area contributed by atoms with E-state index < -0.39 is 0 Å². The molecular weight excluding hydrogens is 276 g/mol. The second-order valence-electron chi connectivity index (χ2n) is 6.99. The van der Waals surface area contributed by atoms with Crippen LogP contribution < -0.4 is 0 Å². The number of hydrogen-bond acceptors (Lipinski definition) is 0. The van der Waals surface area contributed by atoms with Crippen LogP contribution in [0.15, 0.2) is 48.5 Å². The van der Waals surface area contributed by atoms with Crippen LogP contribution in [0.5, 0.6) is 0 Å². The van der Waals surface area contributed by atoms with Gasteiger partial charge >= 0.3 is 0 Å². The minimum Gasteiger partial charge on any atom is -0.0760 e. The number of rotatable bonds is 4. The SMILES string of the molecule is CCCC/C=C1\c2ccccc2CCc2ccc(C(C)C)cc21. The zero-order chi connectivity index (χ0) is 16.2. The topological polar surface area (TPSA) is 0 Å². The second kappa shape index (κ2) is 7.17. The van der Waals surface area contributed by atoms with Crippen molar-refractivity contribution >= 4 is 5.57 Å². The number of aryl methyl sites for hydroxylation is 2. The standard InChI is InChI=1S/C23H28/c1-4-5-6-11-22-21-10-8-7-9-18(21)12-13-19-14-15-20(17(2)3)16-23(19)22/h7-11,14-17H,4-6,12-13H2,1-3H3/b22-11+. The minimum atomic E-state index is 0.579. The summed E-state index contributed by atoms with van der Waals surface area (Å²) in [4.78, 5) is 0. The molecule has 23 heavy (non-hydrogen) atoms. The van der Waals surface area contributed by atoms with Crippen LogP contribution in [-0.2, 0) is 12.8 Å². The maximum absolute atomic E-state index is 2.48. The van der Waals surface area contributed by atoms with Gasteiger partial charge in [-0.3, -0.25) is 0 Å². The van der Waals surface area contributed by atoms with Crippen molar-refractivity contribution in [1.82, 2.24) is 0 Å². The molecule has 0 amide bonds. The summed E-state index contributed by atoms with van der Waals surface area (Å²) >= 11 is 0. The molecule has 1 aliphatic rings. The van der Waals surface area contributed by atoms with Gasteiger partial charge in [-0.15, -0.1) is 0 Å². The highest BCUT2D eigenvalue weighted by Crippen LogP contribution is 2.35. The smallest absolute Gasteiger partial charge is 0.0146 e. The Balaban J connectivity index is 2.14. The van der Waals surface area contributed by atoms with Crippen molar-refractivity contribution in [2.75, 3.05) is 0 Å². The van der Waals surface area contributed by atoms with Gasteiger partial charge < -0.3 is 0 Å². The predicted octanol–water partition coefficient (Wildman–Crippen LogP) is 6.53. The van der Waals surface area contributed by atoms with Crippen LogP contribution in [0.3, 0.4) is 0 Å². The van der Waals surface area contributed by atoms with Gasteiger partial charge in [0.1, 0.15) is 0 Å². The average molecular weight is 304 g/mol. The van der Waals surface area contributed by atoms with Crippen LogP contribution in [0.1, 0.15) is 73.8 Å². The Bertz CT molecular complexity index is 704. The molecule has 0 fully saturated rings. The summed E-state index contributed by atoms with van der Waals surface area (Å²) in [7, 11) is 0. The quantitative estimate of drug-likeness (QED) is 0.563. The van der Waals surface area contributed by atoms with Crippen LogP contribution in [-0.4, -0.2) is 0 Å². The summed E-state index contributed by atoms with van der Waals surface area (Å²) in [6, 6.07) is 16.1. The average Bonchev–Trinajstić information content (AvgIpc) is 2.72. The molecule has 3 rings (SSSR count). The summed E-state index contributed by atoms with van der Waals surface area (Å²) < 4.78 is 0. The third kappa shape index (κ3) is 3.42. The fourth-order valence-corrected chi connectivity index (χ4v) is 3.51. The molecule has 2 aromatic rings. The van der Waals surface area contributed by atoms with Gasteiger partial charge in [0.25, 0.3) is 0 Å². The molecule has 0 saturated heterocycles. The van der Waals surface area contributed by atoms with E-state index in [-0.39, 0.29) is 0 Å². The molecule has 0 nitrogen and oxygen atoms in total. The Morgan fingerprint density at radius 3 is 2.43 bits per heavy atom. The summed E-state index contributed by atoms with van der Waals surface area (Å²) in [6.07, 6.45) is 8.47. The summed E-state index contributed by atoms with van der Waals surface area (Å²) in [6.45, 7) is 6.84. The largest absolute Gasteiger partial charge is 0.0760 e. The number of fused-ring (bicyclic) bond motifs is 2. The Morgan fingerprint density at radius 2 is 1.70 bits per heavy atom.